The first-order valence-electron chi connectivity index (χ1n) is 6.88. The minimum Gasteiger partial charge on any atom is -0.266 e. The summed E-state index contributed by atoms with van der Waals surface area (Å²) in [4.78, 5) is 4.21. The van der Waals surface area contributed by atoms with Crippen LogP contribution in [0.4, 0.5) is 5.69 Å². The molecule has 1 aromatic carbocycles. The SMILES string of the molecule is CCN(c1cc(C)ccc1C)S(=O)(=O)c1cnccc1C. The van der Waals surface area contributed by atoms with Gasteiger partial charge in [0, 0.05) is 18.9 Å². The summed E-state index contributed by atoms with van der Waals surface area (Å²) < 4.78 is 27.3. The van der Waals surface area contributed by atoms with E-state index in [1.54, 1.807) is 19.2 Å². The summed E-state index contributed by atoms with van der Waals surface area (Å²) >= 11 is 0. The van der Waals surface area contributed by atoms with Gasteiger partial charge in [0.1, 0.15) is 4.90 Å². The van der Waals surface area contributed by atoms with Crippen LogP contribution >= 0.6 is 0 Å². The Labute approximate surface area is 126 Å². The highest BCUT2D eigenvalue weighted by Gasteiger charge is 2.26. The lowest BCUT2D eigenvalue weighted by Crippen LogP contribution is -2.32. The Morgan fingerprint density at radius 1 is 1.10 bits per heavy atom. The van der Waals surface area contributed by atoms with Crippen molar-refractivity contribution in [1.29, 1.82) is 0 Å². The standard InChI is InChI=1S/C16H20N2O2S/c1-5-18(15-10-12(2)6-7-13(15)3)21(19,20)16-11-17-9-8-14(16)4/h6-11H,5H2,1-4H3. The van der Waals surface area contributed by atoms with Crippen molar-refractivity contribution in [1.82, 2.24) is 4.98 Å². The maximum atomic E-state index is 12.9. The zero-order chi connectivity index (χ0) is 15.6. The van der Waals surface area contributed by atoms with Gasteiger partial charge >= 0.3 is 0 Å². The van der Waals surface area contributed by atoms with Crippen LogP contribution in [0.25, 0.3) is 0 Å². The van der Waals surface area contributed by atoms with Gasteiger partial charge in [0.05, 0.1) is 5.69 Å². The smallest absolute Gasteiger partial charge is 0.266 e. The number of benzene rings is 1. The highest BCUT2D eigenvalue weighted by Crippen LogP contribution is 2.28. The number of nitrogens with zero attached hydrogens (tertiary/aromatic N) is 2. The lowest BCUT2D eigenvalue weighted by molar-refractivity contribution is 0.590. The van der Waals surface area contributed by atoms with Gasteiger partial charge in [-0.1, -0.05) is 12.1 Å². The van der Waals surface area contributed by atoms with Gasteiger partial charge < -0.3 is 0 Å². The van der Waals surface area contributed by atoms with Crippen molar-refractivity contribution >= 4 is 15.7 Å². The fraction of sp³-hybridized carbons (Fsp3) is 0.312. The average Bonchev–Trinajstić information content (AvgIpc) is 2.43. The Balaban J connectivity index is 2.60. The summed E-state index contributed by atoms with van der Waals surface area (Å²) in [5.74, 6) is 0. The van der Waals surface area contributed by atoms with Crippen LogP contribution in [0.15, 0.2) is 41.6 Å². The average molecular weight is 304 g/mol. The van der Waals surface area contributed by atoms with Gasteiger partial charge in [-0.2, -0.15) is 0 Å². The van der Waals surface area contributed by atoms with E-state index in [4.69, 9.17) is 0 Å². The molecule has 1 heterocycles. The Hall–Kier alpha value is -1.88. The van der Waals surface area contributed by atoms with Crippen LogP contribution in [0.5, 0.6) is 0 Å². The highest BCUT2D eigenvalue weighted by atomic mass is 32.2. The first-order chi connectivity index (χ1) is 9.87. The van der Waals surface area contributed by atoms with Crippen LogP contribution < -0.4 is 4.31 Å². The number of rotatable bonds is 4. The van der Waals surface area contributed by atoms with Gasteiger partial charge in [-0.05, 0) is 56.5 Å². The van der Waals surface area contributed by atoms with E-state index in [1.165, 1.54) is 10.5 Å². The highest BCUT2D eigenvalue weighted by molar-refractivity contribution is 7.92. The van der Waals surface area contributed by atoms with Gasteiger partial charge in [0.15, 0.2) is 0 Å². The second kappa shape index (κ2) is 5.85. The number of aromatic nitrogens is 1. The van der Waals surface area contributed by atoms with E-state index < -0.39 is 10.0 Å². The van der Waals surface area contributed by atoms with E-state index in [1.807, 2.05) is 39.0 Å². The number of hydrogen-bond acceptors (Lipinski definition) is 3. The third-order valence-electron chi connectivity index (χ3n) is 3.48. The topological polar surface area (TPSA) is 50.3 Å². The van der Waals surface area contributed by atoms with Crippen LogP contribution in [0.3, 0.4) is 0 Å². The van der Waals surface area contributed by atoms with Crippen molar-refractivity contribution < 1.29 is 8.42 Å². The monoisotopic (exact) mass is 304 g/mol. The van der Waals surface area contributed by atoms with Crippen molar-refractivity contribution in [2.24, 2.45) is 0 Å². The summed E-state index contributed by atoms with van der Waals surface area (Å²) in [5.41, 5.74) is 3.40. The Kier molecular flexibility index (Phi) is 4.32. The van der Waals surface area contributed by atoms with E-state index in [0.29, 0.717) is 12.1 Å². The van der Waals surface area contributed by atoms with Crippen LogP contribution in [0, 0.1) is 20.8 Å². The molecule has 2 rings (SSSR count). The number of hydrogen-bond donors (Lipinski definition) is 0. The fourth-order valence-electron chi connectivity index (χ4n) is 2.30. The maximum Gasteiger partial charge on any atom is 0.266 e. The van der Waals surface area contributed by atoms with Crippen LogP contribution in [-0.4, -0.2) is 19.9 Å². The number of sulfonamides is 1. The van der Waals surface area contributed by atoms with Crippen molar-refractivity contribution in [2.45, 2.75) is 32.6 Å². The second-order valence-corrected chi connectivity index (χ2v) is 6.93. The van der Waals surface area contributed by atoms with Crippen LogP contribution in [-0.2, 0) is 10.0 Å². The summed E-state index contributed by atoms with van der Waals surface area (Å²) in [5, 5.41) is 0. The van der Waals surface area contributed by atoms with E-state index in [-0.39, 0.29) is 4.90 Å². The zero-order valence-electron chi connectivity index (χ0n) is 12.8. The molecule has 0 fully saturated rings. The van der Waals surface area contributed by atoms with Gasteiger partial charge in [-0.15, -0.1) is 0 Å². The van der Waals surface area contributed by atoms with Crippen molar-refractivity contribution in [3.63, 3.8) is 0 Å². The minimum absolute atomic E-state index is 0.257. The van der Waals surface area contributed by atoms with Crippen molar-refractivity contribution in [3.8, 4) is 0 Å². The van der Waals surface area contributed by atoms with Gasteiger partial charge in [-0.25, -0.2) is 8.42 Å². The molecule has 0 atom stereocenters. The van der Waals surface area contributed by atoms with Crippen molar-refractivity contribution in [2.75, 3.05) is 10.8 Å². The summed E-state index contributed by atoms with van der Waals surface area (Å²) in [6.45, 7) is 7.87. The lowest BCUT2D eigenvalue weighted by Gasteiger charge is -2.25. The molecule has 5 heteroatoms. The predicted octanol–water partition coefficient (Wildman–Crippen LogP) is 3.22. The first-order valence-corrected chi connectivity index (χ1v) is 8.32. The normalized spacial score (nSPS) is 11.4. The summed E-state index contributed by atoms with van der Waals surface area (Å²) in [6, 6.07) is 7.54. The van der Waals surface area contributed by atoms with Crippen LogP contribution in [0.1, 0.15) is 23.6 Å². The fourth-order valence-corrected chi connectivity index (χ4v) is 4.00. The molecule has 0 aliphatic carbocycles. The third-order valence-corrected chi connectivity index (χ3v) is 5.50. The first kappa shape index (κ1) is 15.5. The molecule has 0 unspecified atom stereocenters. The largest absolute Gasteiger partial charge is 0.266 e. The van der Waals surface area contributed by atoms with Gasteiger partial charge in [-0.3, -0.25) is 9.29 Å². The molecule has 0 saturated carbocycles. The molecule has 0 radical (unpaired) electrons. The summed E-state index contributed by atoms with van der Waals surface area (Å²) in [7, 11) is -3.60. The van der Waals surface area contributed by atoms with Crippen molar-refractivity contribution in [3.05, 3.63) is 53.3 Å². The quantitative estimate of drug-likeness (QED) is 0.871. The summed E-state index contributed by atoms with van der Waals surface area (Å²) in [6.07, 6.45) is 3.01. The van der Waals surface area contributed by atoms with Gasteiger partial charge in [0.2, 0.25) is 0 Å². The molecule has 2 aromatic rings. The molecular formula is C16H20N2O2S. The Morgan fingerprint density at radius 3 is 2.43 bits per heavy atom. The van der Waals surface area contributed by atoms with E-state index in [0.717, 1.165) is 16.8 Å². The number of aryl methyl sites for hydroxylation is 3. The molecule has 0 aliphatic heterocycles. The molecule has 0 spiro atoms. The molecule has 0 N–H and O–H groups in total. The molecule has 0 amide bonds. The number of anilines is 1. The second-order valence-electron chi connectivity index (χ2n) is 5.10. The molecule has 21 heavy (non-hydrogen) atoms. The zero-order valence-corrected chi connectivity index (χ0v) is 13.6. The molecule has 0 aliphatic rings. The Morgan fingerprint density at radius 2 is 1.81 bits per heavy atom. The number of pyridine rings is 1. The van der Waals surface area contributed by atoms with E-state index >= 15 is 0 Å². The molecule has 0 bridgehead atoms. The molecule has 1 aromatic heterocycles. The maximum absolute atomic E-state index is 12.9. The molecule has 0 saturated heterocycles. The Bertz CT molecular complexity index is 755. The minimum atomic E-state index is -3.60. The van der Waals surface area contributed by atoms with E-state index in [9.17, 15) is 8.42 Å². The van der Waals surface area contributed by atoms with Crippen LogP contribution in [0.2, 0.25) is 0 Å². The molecule has 112 valence electrons. The molecular weight excluding hydrogens is 284 g/mol. The lowest BCUT2D eigenvalue weighted by atomic mass is 10.1. The van der Waals surface area contributed by atoms with Gasteiger partial charge in [0.25, 0.3) is 10.0 Å². The third kappa shape index (κ3) is 2.93. The van der Waals surface area contributed by atoms with E-state index in [2.05, 4.69) is 4.98 Å². The predicted molar refractivity (Wildman–Crippen MR) is 85.1 cm³/mol. The molecule has 4 nitrogen and oxygen atoms in total.